The van der Waals surface area contributed by atoms with Gasteiger partial charge in [-0.15, -0.1) is 11.8 Å². The van der Waals surface area contributed by atoms with E-state index in [1.807, 2.05) is 11.9 Å². The predicted octanol–water partition coefficient (Wildman–Crippen LogP) is 1.24. The van der Waals surface area contributed by atoms with E-state index >= 15 is 0 Å². The summed E-state index contributed by atoms with van der Waals surface area (Å²) in [6, 6.07) is 0.366. The Morgan fingerprint density at radius 3 is 2.53 bits per heavy atom. The lowest BCUT2D eigenvalue weighted by molar-refractivity contribution is -0.130. The van der Waals surface area contributed by atoms with Gasteiger partial charge in [-0.3, -0.25) is 9.59 Å². The van der Waals surface area contributed by atoms with Crippen molar-refractivity contribution in [1.82, 2.24) is 4.90 Å². The van der Waals surface area contributed by atoms with Crippen molar-refractivity contribution in [2.75, 3.05) is 18.6 Å². The van der Waals surface area contributed by atoms with Crippen LogP contribution >= 0.6 is 11.8 Å². The maximum absolute atomic E-state index is 11.9. The van der Waals surface area contributed by atoms with Crippen molar-refractivity contribution in [2.45, 2.75) is 38.6 Å². The van der Waals surface area contributed by atoms with Gasteiger partial charge in [0.25, 0.3) is 0 Å². The van der Waals surface area contributed by atoms with Crippen molar-refractivity contribution in [2.24, 2.45) is 11.7 Å². The van der Waals surface area contributed by atoms with E-state index in [-0.39, 0.29) is 17.6 Å². The second kappa shape index (κ2) is 6.89. The predicted molar refractivity (Wildman–Crippen MR) is 70.7 cm³/mol. The second-order valence-corrected chi connectivity index (χ2v) is 5.78. The number of carbonyl (C=O) groups is 2. The number of primary amides is 1. The number of hydrogen-bond donors (Lipinski definition) is 1. The molecule has 4 nitrogen and oxygen atoms in total. The Morgan fingerprint density at radius 1 is 1.29 bits per heavy atom. The maximum atomic E-state index is 11.9. The van der Waals surface area contributed by atoms with Crippen molar-refractivity contribution < 1.29 is 9.59 Å². The normalized spacial score (nSPS) is 24.4. The minimum atomic E-state index is -0.364. The first-order valence-electron chi connectivity index (χ1n) is 6.14. The van der Waals surface area contributed by atoms with Crippen LogP contribution in [-0.2, 0) is 9.59 Å². The van der Waals surface area contributed by atoms with Crippen LogP contribution in [0.15, 0.2) is 0 Å². The van der Waals surface area contributed by atoms with E-state index in [0.29, 0.717) is 17.7 Å². The molecule has 2 N–H and O–H groups in total. The molecule has 1 aliphatic rings. The molecular formula is C12H22N2O2S. The third-order valence-electron chi connectivity index (χ3n) is 3.43. The van der Waals surface area contributed by atoms with Crippen LogP contribution in [0.1, 0.15) is 32.6 Å². The van der Waals surface area contributed by atoms with Gasteiger partial charge in [0.1, 0.15) is 0 Å². The molecule has 2 atom stereocenters. The Hall–Kier alpha value is -0.710. The SMILES string of the molecule is C[C@H]1CCCC[C@@H]1N(C)C(=O)CSCC(N)=O. The van der Waals surface area contributed by atoms with Crippen LogP contribution in [0.25, 0.3) is 0 Å². The molecular weight excluding hydrogens is 236 g/mol. The van der Waals surface area contributed by atoms with E-state index in [0.717, 1.165) is 6.42 Å². The van der Waals surface area contributed by atoms with Crippen LogP contribution < -0.4 is 5.73 Å². The molecule has 0 aliphatic heterocycles. The summed E-state index contributed by atoms with van der Waals surface area (Å²) in [7, 11) is 1.87. The first kappa shape index (κ1) is 14.4. The molecule has 0 radical (unpaired) electrons. The average Bonchev–Trinajstić information content (AvgIpc) is 2.28. The highest BCUT2D eigenvalue weighted by atomic mass is 32.2. The second-order valence-electron chi connectivity index (χ2n) is 4.79. The molecule has 0 unspecified atom stereocenters. The number of amides is 2. The zero-order valence-corrected chi connectivity index (χ0v) is 11.5. The van der Waals surface area contributed by atoms with Gasteiger partial charge in [-0.1, -0.05) is 19.8 Å². The Labute approximate surface area is 107 Å². The monoisotopic (exact) mass is 258 g/mol. The summed E-state index contributed by atoms with van der Waals surface area (Å²) in [4.78, 5) is 24.4. The standard InChI is InChI=1S/C12H22N2O2S/c1-9-5-3-4-6-10(9)14(2)12(16)8-17-7-11(13)15/h9-10H,3-8H2,1-2H3,(H2,13,15)/t9-,10-/m0/s1. The molecule has 0 aromatic rings. The summed E-state index contributed by atoms with van der Waals surface area (Å²) in [6.45, 7) is 2.21. The quantitative estimate of drug-likeness (QED) is 0.807. The van der Waals surface area contributed by atoms with Gasteiger partial charge in [-0.25, -0.2) is 0 Å². The van der Waals surface area contributed by atoms with Gasteiger partial charge in [0, 0.05) is 13.1 Å². The number of thioether (sulfide) groups is 1. The molecule has 1 aliphatic carbocycles. The highest BCUT2D eigenvalue weighted by molar-refractivity contribution is 8.00. The summed E-state index contributed by atoms with van der Waals surface area (Å²) in [5.41, 5.74) is 5.03. The van der Waals surface area contributed by atoms with Crippen LogP contribution in [-0.4, -0.2) is 41.3 Å². The Balaban J connectivity index is 2.37. The fraction of sp³-hybridized carbons (Fsp3) is 0.833. The summed E-state index contributed by atoms with van der Waals surface area (Å²) < 4.78 is 0. The molecule has 98 valence electrons. The number of nitrogens with two attached hydrogens (primary N) is 1. The molecule has 17 heavy (non-hydrogen) atoms. The van der Waals surface area contributed by atoms with Gasteiger partial charge in [0.2, 0.25) is 11.8 Å². The maximum Gasteiger partial charge on any atom is 0.232 e. The van der Waals surface area contributed by atoms with E-state index < -0.39 is 0 Å². The van der Waals surface area contributed by atoms with Crippen LogP contribution in [0.3, 0.4) is 0 Å². The molecule has 0 aromatic heterocycles. The van der Waals surface area contributed by atoms with Crippen molar-refractivity contribution in [1.29, 1.82) is 0 Å². The van der Waals surface area contributed by atoms with Gasteiger partial charge in [-0.05, 0) is 18.8 Å². The number of nitrogens with zero attached hydrogens (tertiary/aromatic N) is 1. The first-order chi connectivity index (χ1) is 8.02. The van der Waals surface area contributed by atoms with Gasteiger partial charge < -0.3 is 10.6 Å². The zero-order valence-electron chi connectivity index (χ0n) is 10.6. The van der Waals surface area contributed by atoms with Crippen molar-refractivity contribution in [3.05, 3.63) is 0 Å². The van der Waals surface area contributed by atoms with Crippen molar-refractivity contribution in [3.8, 4) is 0 Å². The van der Waals surface area contributed by atoms with E-state index in [1.165, 1.54) is 31.0 Å². The molecule has 0 saturated heterocycles. The number of hydrogen-bond acceptors (Lipinski definition) is 3. The molecule has 1 rings (SSSR count). The lowest BCUT2D eigenvalue weighted by atomic mass is 9.85. The Bertz CT molecular complexity index is 284. The molecule has 2 amide bonds. The number of rotatable bonds is 5. The van der Waals surface area contributed by atoms with Crippen LogP contribution in [0, 0.1) is 5.92 Å². The molecule has 1 saturated carbocycles. The largest absolute Gasteiger partial charge is 0.369 e. The van der Waals surface area contributed by atoms with E-state index in [9.17, 15) is 9.59 Å². The van der Waals surface area contributed by atoms with Crippen molar-refractivity contribution in [3.63, 3.8) is 0 Å². The topological polar surface area (TPSA) is 63.4 Å². The smallest absolute Gasteiger partial charge is 0.232 e. The van der Waals surface area contributed by atoms with Crippen molar-refractivity contribution >= 4 is 23.6 Å². The molecule has 0 aromatic carbocycles. The molecule has 5 heteroatoms. The summed E-state index contributed by atoms with van der Waals surface area (Å²) in [5.74, 6) is 0.896. The lowest BCUT2D eigenvalue weighted by Crippen LogP contribution is -2.43. The third-order valence-corrected chi connectivity index (χ3v) is 4.37. The summed E-state index contributed by atoms with van der Waals surface area (Å²) in [6.07, 6.45) is 4.79. The Kier molecular flexibility index (Phi) is 5.82. The fourth-order valence-electron chi connectivity index (χ4n) is 2.40. The lowest BCUT2D eigenvalue weighted by Gasteiger charge is -2.36. The highest BCUT2D eigenvalue weighted by Crippen LogP contribution is 2.27. The fourth-order valence-corrected chi connectivity index (χ4v) is 3.08. The molecule has 0 heterocycles. The average molecular weight is 258 g/mol. The van der Waals surface area contributed by atoms with Crippen LogP contribution in [0.4, 0.5) is 0 Å². The minimum absolute atomic E-state index is 0.106. The highest BCUT2D eigenvalue weighted by Gasteiger charge is 2.27. The molecule has 1 fully saturated rings. The van der Waals surface area contributed by atoms with E-state index in [1.54, 1.807) is 0 Å². The van der Waals surface area contributed by atoms with Gasteiger partial charge in [0.05, 0.1) is 11.5 Å². The first-order valence-corrected chi connectivity index (χ1v) is 7.29. The van der Waals surface area contributed by atoms with Gasteiger partial charge in [0.15, 0.2) is 0 Å². The number of carbonyl (C=O) groups excluding carboxylic acids is 2. The van der Waals surface area contributed by atoms with E-state index in [4.69, 9.17) is 5.73 Å². The summed E-state index contributed by atoms with van der Waals surface area (Å²) in [5, 5.41) is 0. The molecule has 0 bridgehead atoms. The van der Waals surface area contributed by atoms with Gasteiger partial charge >= 0.3 is 0 Å². The van der Waals surface area contributed by atoms with Gasteiger partial charge in [-0.2, -0.15) is 0 Å². The minimum Gasteiger partial charge on any atom is -0.369 e. The zero-order chi connectivity index (χ0) is 12.8. The Morgan fingerprint density at radius 2 is 1.94 bits per heavy atom. The third kappa shape index (κ3) is 4.58. The summed E-state index contributed by atoms with van der Waals surface area (Å²) >= 11 is 1.30. The molecule has 0 spiro atoms. The van der Waals surface area contributed by atoms with E-state index in [2.05, 4.69) is 6.92 Å². The van der Waals surface area contributed by atoms with Crippen LogP contribution in [0.2, 0.25) is 0 Å². The van der Waals surface area contributed by atoms with Crippen LogP contribution in [0.5, 0.6) is 0 Å².